The third-order valence-electron chi connectivity index (χ3n) is 4.80. The zero-order chi connectivity index (χ0) is 16.1. The lowest BCUT2D eigenvalue weighted by molar-refractivity contribution is 0.199. The van der Waals surface area contributed by atoms with Gasteiger partial charge in [0.25, 0.3) is 0 Å². The summed E-state index contributed by atoms with van der Waals surface area (Å²) in [5.74, 6) is 1.73. The van der Waals surface area contributed by atoms with Crippen LogP contribution in [0, 0.1) is 0 Å². The summed E-state index contributed by atoms with van der Waals surface area (Å²) in [6.07, 6.45) is 2.42. The Labute approximate surface area is 139 Å². The van der Waals surface area contributed by atoms with Gasteiger partial charge in [-0.25, -0.2) is 0 Å². The first kappa shape index (κ1) is 16.6. The maximum Gasteiger partial charge on any atom is 0.161 e. The van der Waals surface area contributed by atoms with E-state index in [4.69, 9.17) is 9.47 Å². The Morgan fingerprint density at radius 2 is 2.00 bits per heavy atom. The largest absolute Gasteiger partial charge is 0.493 e. The SMILES string of the molecule is COc1ccc(CCN2CCNCC2)cc1OC1CCN(C)C1. The third-order valence-corrected chi connectivity index (χ3v) is 4.80. The lowest BCUT2D eigenvalue weighted by atomic mass is 10.1. The van der Waals surface area contributed by atoms with E-state index in [-0.39, 0.29) is 6.10 Å². The Balaban J connectivity index is 1.60. The van der Waals surface area contributed by atoms with E-state index in [2.05, 4.69) is 34.3 Å². The molecule has 2 fully saturated rings. The average molecular weight is 319 g/mol. The lowest BCUT2D eigenvalue weighted by Gasteiger charge is -2.27. The van der Waals surface area contributed by atoms with Crippen LogP contribution >= 0.6 is 0 Å². The van der Waals surface area contributed by atoms with Crippen molar-refractivity contribution < 1.29 is 9.47 Å². The predicted octanol–water partition coefficient (Wildman–Crippen LogP) is 1.23. The van der Waals surface area contributed by atoms with Crippen LogP contribution in [-0.4, -0.2) is 75.9 Å². The van der Waals surface area contributed by atoms with E-state index in [1.54, 1.807) is 7.11 Å². The summed E-state index contributed by atoms with van der Waals surface area (Å²) in [5, 5.41) is 3.40. The second-order valence-electron chi connectivity index (χ2n) is 6.62. The van der Waals surface area contributed by atoms with Gasteiger partial charge in [0.2, 0.25) is 0 Å². The number of nitrogens with one attached hydrogen (secondary N) is 1. The summed E-state index contributed by atoms with van der Waals surface area (Å²) in [6, 6.07) is 6.37. The van der Waals surface area contributed by atoms with Crippen molar-refractivity contribution >= 4 is 0 Å². The molecule has 2 saturated heterocycles. The quantitative estimate of drug-likeness (QED) is 0.853. The van der Waals surface area contributed by atoms with Gasteiger partial charge in [-0.3, -0.25) is 0 Å². The fourth-order valence-corrected chi connectivity index (χ4v) is 3.36. The molecule has 1 aromatic rings. The molecule has 1 unspecified atom stereocenters. The smallest absolute Gasteiger partial charge is 0.161 e. The number of piperazine rings is 1. The Morgan fingerprint density at radius 1 is 1.17 bits per heavy atom. The molecule has 2 heterocycles. The molecule has 5 nitrogen and oxygen atoms in total. The van der Waals surface area contributed by atoms with Gasteiger partial charge < -0.3 is 24.6 Å². The summed E-state index contributed by atoms with van der Waals surface area (Å²) in [4.78, 5) is 4.83. The highest BCUT2D eigenvalue weighted by molar-refractivity contribution is 5.43. The number of ether oxygens (including phenoxy) is 2. The maximum atomic E-state index is 6.21. The van der Waals surface area contributed by atoms with E-state index < -0.39 is 0 Å². The van der Waals surface area contributed by atoms with Crippen LogP contribution in [0.2, 0.25) is 0 Å². The van der Waals surface area contributed by atoms with Crippen molar-refractivity contribution in [3.8, 4) is 11.5 Å². The standard InChI is InChI=1S/C18H29N3O2/c1-20-9-6-16(14-20)23-18-13-15(3-4-17(18)22-2)5-10-21-11-7-19-8-12-21/h3-4,13,16,19H,5-12,14H2,1-2H3. The molecule has 1 aromatic carbocycles. The van der Waals surface area contributed by atoms with Crippen LogP contribution in [0.3, 0.4) is 0 Å². The van der Waals surface area contributed by atoms with E-state index in [0.717, 1.165) is 70.2 Å². The molecule has 0 spiro atoms. The highest BCUT2D eigenvalue weighted by Gasteiger charge is 2.22. The third kappa shape index (κ3) is 4.59. The first-order valence-electron chi connectivity index (χ1n) is 8.70. The summed E-state index contributed by atoms with van der Waals surface area (Å²) in [5.41, 5.74) is 1.32. The second kappa shape index (κ2) is 7.99. The lowest BCUT2D eigenvalue weighted by Crippen LogP contribution is -2.44. The topological polar surface area (TPSA) is 37.0 Å². The minimum absolute atomic E-state index is 0.275. The monoisotopic (exact) mass is 319 g/mol. The highest BCUT2D eigenvalue weighted by atomic mass is 16.5. The van der Waals surface area contributed by atoms with Crippen molar-refractivity contribution in [1.82, 2.24) is 15.1 Å². The molecule has 23 heavy (non-hydrogen) atoms. The first-order chi connectivity index (χ1) is 11.2. The second-order valence-corrected chi connectivity index (χ2v) is 6.62. The van der Waals surface area contributed by atoms with E-state index >= 15 is 0 Å². The number of likely N-dealkylation sites (tertiary alicyclic amines) is 1. The number of nitrogens with zero attached hydrogens (tertiary/aromatic N) is 2. The predicted molar refractivity (Wildman–Crippen MR) is 92.5 cm³/mol. The molecule has 1 atom stereocenters. The van der Waals surface area contributed by atoms with Crippen molar-refractivity contribution in [2.75, 3.05) is 60.0 Å². The van der Waals surface area contributed by atoms with E-state index in [0.29, 0.717) is 0 Å². The number of benzene rings is 1. The Hall–Kier alpha value is -1.30. The highest BCUT2D eigenvalue weighted by Crippen LogP contribution is 2.30. The zero-order valence-corrected chi connectivity index (χ0v) is 14.4. The van der Waals surface area contributed by atoms with Gasteiger partial charge in [0, 0.05) is 45.8 Å². The molecular formula is C18H29N3O2. The molecule has 1 N–H and O–H groups in total. The van der Waals surface area contributed by atoms with Crippen LogP contribution in [0.1, 0.15) is 12.0 Å². The van der Waals surface area contributed by atoms with Crippen LogP contribution < -0.4 is 14.8 Å². The van der Waals surface area contributed by atoms with Crippen molar-refractivity contribution in [1.29, 1.82) is 0 Å². The average Bonchev–Trinajstić information content (AvgIpc) is 2.99. The molecule has 3 rings (SSSR count). The van der Waals surface area contributed by atoms with Gasteiger partial charge in [-0.1, -0.05) is 6.07 Å². The maximum absolute atomic E-state index is 6.21. The van der Waals surface area contributed by atoms with Gasteiger partial charge in [-0.2, -0.15) is 0 Å². The van der Waals surface area contributed by atoms with E-state index in [1.165, 1.54) is 5.56 Å². The molecule has 0 aromatic heterocycles. The minimum Gasteiger partial charge on any atom is -0.493 e. The summed E-state index contributed by atoms with van der Waals surface area (Å²) >= 11 is 0. The fraction of sp³-hybridized carbons (Fsp3) is 0.667. The molecule has 5 heteroatoms. The van der Waals surface area contributed by atoms with Gasteiger partial charge in [0.05, 0.1) is 7.11 Å². The summed E-state index contributed by atoms with van der Waals surface area (Å²) < 4.78 is 11.7. The molecule has 0 aliphatic carbocycles. The van der Waals surface area contributed by atoms with Crippen LogP contribution in [0.25, 0.3) is 0 Å². The number of hydrogen-bond acceptors (Lipinski definition) is 5. The number of hydrogen-bond donors (Lipinski definition) is 1. The van der Waals surface area contributed by atoms with Crippen molar-refractivity contribution in [2.45, 2.75) is 18.9 Å². The molecule has 128 valence electrons. The van der Waals surface area contributed by atoms with Gasteiger partial charge in [0.15, 0.2) is 11.5 Å². The van der Waals surface area contributed by atoms with Crippen LogP contribution in [-0.2, 0) is 6.42 Å². The fourth-order valence-electron chi connectivity index (χ4n) is 3.36. The molecule has 0 amide bonds. The molecule has 2 aliphatic heterocycles. The first-order valence-corrected chi connectivity index (χ1v) is 8.70. The molecule has 0 saturated carbocycles. The van der Waals surface area contributed by atoms with E-state index in [9.17, 15) is 0 Å². The van der Waals surface area contributed by atoms with Crippen LogP contribution in [0.4, 0.5) is 0 Å². The normalized spacial score (nSPS) is 23.1. The number of likely N-dealkylation sites (N-methyl/N-ethyl adjacent to an activating group) is 1. The van der Waals surface area contributed by atoms with Crippen LogP contribution in [0.5, 0.6) is 11.5 Å². The molecule has 2 aliphatic rings. The van der Waals surface area contributed by atoms with Gasteiger partial charge in [-0.15, -0.1) is 0 Å². The van der Waals surface area contributed by atoms with Gasteiger partial charge in [0.1, 0.15) is 6.10 Å². The summed E-state index contributed by atoms with van der Waals surface area (Å²) in [6.45, 7) is 7.71. The van der Waals surface area contributed by atoms with Crippen molar-refractivity contribution in [3.63, 3.8) is 0 Å². The van der Waals surface area contributed by atoms with E-state index in [1.807, 2.05) is 6.07 Å². The van der Waals surface area contributed by atoms with Crippen molar-refractivity contribution in [2.24, 2.45) is 0 Å². The Bertz CT molecular complexity index is 503. The number of rotatable bonds is 6. The molecular weight excluding hydrogens is 290 g/mol. The van der Waals surface area contributed by atoms with Gasteiger partial charge >= 0.3 is 0 Å². The van der Waals surface area contributed by atoms with Crippen molar-refractivity contribution in [3.05, 3.63) is 23.8 Å². The van der Waals surface area contributed by atoms with Gasteiger partial charge in [-0.05, 0) is 37.6 Å². The Kier molecular flexibility index (Phi) is 5.75. The van der Waals surface area contributed by atoms with Crippen LogP contribution in [0.15, 0.2) is 18.2 Å². The molecule has 0 radical (unpaired) electrons. The minimum atomic E-state index is 0.275. The molecule has 0 bridgehead atoms. The number of methoxy groups -OCH3 is 1. The summed E-state index contributed by atoms with van der Waals surface area (Å²) in [7, 11) is 3.86. The Morgan fingerprint density at radius 3 is 2.70 bits per heavy atom. The zero-order valence-electron chi connectivity index (χ0n) is 14.4.